The quantitative estimate of drug-likeness (QED) is 0.823. The molecule has 1 aliphatic rings. The van der Waals surface area contributed by atoms with Crippen LogP contribution in [0.3, 0.4) is 0 Å². The Labute approximate surface area is 164 Å². The summed E-state index contributed by atoms with van der Waals surface area (Å²) >= 11 is 0. The number of methoxy groups -OCH3 is 1. The molecule has 1 amide bonds. The highest BCUT2D eigenvalue weighted by Crippen LogP contribution is 2.17. The Hall–Kier alpha value is -2.64. The van der Waals surface area contributed by atoms with E-state index in [9.17, 15) is 9.59 Å². The molecular weight excluding hydrogens is 358 g/mol. The molecule has 150 valence electrons. The van der Waals surface area contributed by atoms with E-state index in [1.165, 1.54) is 7.11 Å². The van der Waals surface area contributed by atoms with Gasteiger partial charge in [-0.15, -0.1) is 0 Å². The Morgan fingerprint density at radius 1 is 1.21 bits per heavy atom. The molecule has 0 bridgehead atoms. The van der Waals surface area contributed by atoms with Crippen LogP contribution in [0, 0.1) is 13.8 Å². The minimum absolute atomic E-state index is 0.101. The van der Waals surface area contributed by atoms with Crippen molar-refractivity contribution in [2.24, 2.45) is 0 Å². The van der Waals surface area contributed by atoms with Crippen molar-refractivity contribution in [2.45, 2.75) is 26.9 Å². The molecule has 0 atom stereocenters. The SMILES string of the molecule is COc1cn(CC(=O)Nc2cc(C)ccc2C)c(CN2CCOCC2)cc1=O. The van der Waals surface area contributed by atoms with Crippen molar-refractivity contribution in [3.8, 4) is 5.75 Å². The van der Waals surface area contributed by atoms with E-state index in [2.05, 4.69) is 10.2 Å². The molecule has 28 heavy (non-hydrogen) atoms. The van der Waals surface area contributed by atoms with Crippen molar-refractivity contribution in [3.05, 3.63) is 57.5 Å². The van der Waals surface area contributed by atoms with Crippen LogP contribution >= 0.6 is 0 Å². The van der Waals surface area contributed by atoms with Gasteiger partial charge in [0.15, 0.2) is 5.75 Å². The van der Waals surface area contributed by atoms with Gasteiger partial charge in [-0.2, -0.15) is 0 Å². The zero-order chi connectivity index (χ0) is 20.1. The summed E-state index contributed by atoms with van der Waals surface area (Å²) in [6, 6.07) is 7.50. The summed E-state index contributed by atoms with van der Waals surface area (Å²) < 4.78 is 12.3. The molecule has 2 heterocycles. The molecule has 1 saturated heterocycles. The number of benzene rings is 1. The molecule has 0 saturated carbocycles. The highest BCUT2D eigenvalue weighted by Gasteiger charge is 2.16. The van der Waals surface area contributed by atoms with Crippen LogP contribution in [0.1, 0.15) is 16.8 Å². The molecule has 0 spiro atoms. The summed E-state index contributed by atoms with van der Waals surface area (Å²) in [6.45, 7) is 7.58. The predicted octanol–water partition coefficient (Wildman–Crippen LogP) is 1.94. The Kier molecular flexibility index (Phi) is 6.49. The summed E-state index contributed by atoms with van der Waals surface area (Å²) in [5.41, 5.74) is 3.48. The van der Waals surface area contributed by atoms with Gasteiger partial charge in [0.2, 0.25) is 11.3 Å². The van der Waals surface area contributed by atoms with Gasteiger partial charge in [-0.05, 0) is 31.0 Å². The zero-order valence-electron chi connectivity index (χ0n) is 16.7. The number of rotatable bonds is 6. The smallest absolute Gasteiger partial charge is 0.244 e. The lowest BCUT2D eigenvalue weighted by Gasteiger charge is -2.27. The van der Waals surface area contributed by atoms with Gasteiger partial charge in [0.25, 0.3) is 0 Å². The van der Waals surface area contributed by atoms with E-state index in [1.54, 1.807) is 16.8 Å². The van der Waals surface area contributed by atoms with Gasteiger partial charge in [0, 0.05) is 37.1 Å². The number of aryl methyl sites for hydroxylation is 2. The van der Waals surface area contributed by atoms with Gasteiger partial charge < -0.3 is 19.4 Å². The topological polar surface area (TPSA) is 72.8 Å². The zero-order valence-corrected chi connectivity index (χ0v) is 16.7. The number of nitrogens with one attached hydrogen (secondary N) is 1. The molecule has 7 nitrogen and oxygen atoms in total. The molecule has 0 unspecified atom stereocenters. The van der Waals surface area contributed by atoms with E-state index < -0.39 is 0 Å². The van der Waals surface area contributed by atoms with Gasteiger partial charge >= 0.3 is 0 Å². The first-order valence-electron chi connectivity index (χ1n) is 9.41. The third-order valence-corrected chi connectivity index (χ3v) is 4.87. The number of morpholine rings is 1. The summed E-state index contributed by atoms with van der Waals surface area (Å²) in [6.07, 6.45) is 1.61. The molecule has 0 aliphatic carbocycles. The van der Waals surface area contributed by atoms with E-state index in [-0.39, 0.29) is 23.6 Å². The fourth-order valence-electron chi connectivity index (χ4n) is 3.23. The lowest BCUT2D eigenvalue weighted by atomic mass is 10.1. The van der Waals surface area contributed by atoms with Crippen molar-refractivity contribution in [1.29, 1.82) is 0 Å². The first-order valence-corrected chi connectivity index (χ1v) is 9.41. The highest BCUT2D eigenvalue weighted by atomic mass is 16.5. The molecule has 3 rings (SSSR count). The number of carbonyl (C=O) groups excluding carboxylic acids is 1. The molecule has 1 N–H and O–H groups in total. The van der Waals surface area contributed by atoms with Gasteiger partial charge in [0.1, 0.15) is 6.54 Å². The van der Waals surface area contributed by atoms with Crippen molar-refractivity contribution < 1.29 is 14.3 Å². The van der Waals surface area contributed by atoms with Crippen LogP contribution in [0.25, 0.3) is 0 Å². The van der Waals surface area contributed by atoms with Crippen LogP contribution in [0.4, 0.5) is 5.69 Å². The molecular formula is C21H27N3O4. The second-order valence-corrected chi connectivity index (χ2v) is 7.08. The Balaban J connectivity index is 1.81. The van der Waals surface area contributed by atoms with E-state index in [0.717, 1.165) is 35.6 Å². The van der Waals surface area contributed by atoms with Crippen LogP contribution in [0.5, 0.6) is 5.75 Å². The monoisotopic (exact) mass is 385 g/mol. The van der Waals surface area contributed by atoms with Crippen LogP contribution in [-0.4, -0.2) is 48.8 Å². The van der Waals surface area contributed by atoms with Gasteiger partial charge in [-0.25, -0.2) is 0 Å². The summed E-state index contributed by atoms with van der Waals surface area (Å²) in [7, 11) is 1.46. The molecule has 1 aromatic carbocycles. The van der Waals surface area contributed by atoms with E-state index in [0.29, 0.717) is 19.8 Å². The molecule has 1 fully saturated rings. The highest BCUT2D eigenvalue weighted by molar-refractivity contribution is 5.91. The van der Waals surface area contributed by atoms with E-state index in [4.69, 9.17) is 9.47 Å². The largest absolute Gasteiger partial charge is 0.491 e. The van der Waals surface area contributed by atoms with E-state index in [1.807, 2.05) is 32.0 Å². The summed E-state index contributed by atoms with van der Waals surface area (Å²) in [5.74, 6) is 0.0768. The van der Waals surface area contributed by atoms with Gasteiger partial charge in [-0.1, -0.05) is 12.1 Å². The second-order valence-electron chi connectivity index (χ2n) is 7.08. The van der Waals surface area contributed by atoms with Crippen molar-refractivity contribution in [2.75, 3.05) is 38.7 Å². The van der Waals surface area contributed by atoms with Crippen LogP contribution in [-0.2, 0) is 22.6 Å². The fourth-order valence-corrected chi connectivity index (χ4v) is 3.23. The molecule has 7 heteroatoms. The molecule has 1 aromatic heterocycles. The number of hydrogen-bond donors (Lipinski definition) is 1. The Morgan fingerprint density at radius 2 is 1.96 bits per heavy atom. The van der Waals surface area contributed by atoms with E-state index >= 15 is 0 Å². The molecule has 1 aliphatic heterocycles. The van der Waals surface area contributed by atoms with Crippen LogP contribution in [0.2, 0.25) is 0 Å². The average Bonchev–Trinajstić information content (AvgIpc) is 2.67. The maximum absolute atomic E-state index is 12.7. The Bertz CT molecular complexity index is 901. The van der Waals surface area contributed by atoms with Crippen molar-refractivity contribution in [1.82, 2.24) is 9.47 Å². The number of anilines is 1. The minimum Gasteiger partial charge on any atom is -0.491 e. The number of amides is 1. The average molecular weight is 385 g/mol. The summed E-state index contributed by atoms with van der Waals surface area (Å²) in [4.78, 5) is 27.1. The predicted molar refractivity (Wildman–Crippen MR) is 108 cm³/mol. The standard InChI is InChI=1S/C21H27N3O4/c1-15-4-5-16(2)18(10-15)22-21(26)14-24-13-20(27-3)19(25)11-17(24)12-23-6-8-28-9-7-23/h4-5,10-11,13H,6-9,12,14H2,1-3H3,(H,22,26). The lowest BCUT2D eigenvalue weighted by Crippen LogP contribution is -2.37. The number of nitrogens with zero attached hydrogens (tertiary/aromatic N) is 2. The minimum atomic E-state index is -0.183. The summed E-state index contributed by atoms with van der Waals surface area (Å²) in [5, 5.41) is 2.97. The third kappa shape index (κ3) is 4.99. The normalized spacial score (nSPS) is 14.7. The molecule has 0 radical (unpaired) electrons. The van der Waals surface area contributed by atoms with Crippen molar-refractivity contribution >= 4 is 11.6 Å². The molecule has 2 aromatic rings. The Morgan fingerprint density at radius 3 is 2.68 bits per heavy atom. The first-order chi connectivity index (χ1) is 13.5. The maximum atomic E-state index is 12.7. The number of pyridine rings is 1. The third-order valence-electron chi connectivity index (χ3n) is 4.87. The van der Waals surface area contributed by atoms with Crippen LogP contribution in [0.15, 0.2) is 35.3 Å². The van der Waals surface area contributed by atoms with Gasteiger partial charge in [-0.3, -0.25) is 14.5 Å². The number of ether oxygens (including phenoxy) is 2. The second kappa shape index (κ2) is 9.03. The number of aromatic nitrogens is 1. The first kappa shape index (κ1) is 20.1. The maximum Gasteiger partial charge on any atom is 0.244 e. The van der Waals surface area contributed by atoms with Gasteiger partial charge in [0.05, 0.1) is 26.5 Å². The number of carbonyl (C=O) groups is 1. The van der Waals surface area contributed by atoms with Crippen molar-refractivity contribution in [3.63, 3.8) is 0 Å². The lowest BCUT2D eigenvalue weighted by molar-refractivity contribution is -0.116. The number of hydrogen-bond acceptors (Lipinski definition) is 5. The van der Waals surface area contributed by atoms with Crippen LogP contribution < -0.4 is 15.5 Å². The fraction of sp³-hybridized carbons (Fsp3) is 0.429.